The van der Waals surface area contributed by atoms with Gasteiger partial charge in [0.1, 0.15) is 17.6 Å². The van der Waals surface area contributed by atoms with Crippen LogP contribution in [0, 0.1) is 28.5 Å². The standard InChI is InChI=1S/C23H23BrFN5O3/c1-33-20-10-14(2-3-16(20)12-26)13-28-23(32)30-8-6-15(7-9-30)21(31)22(27)29-17-4-5-19(25)18(24)11-17/h2-5,10-11,15H,6-9,13H2,1H3,(H2,27,29)(H,28,32). The van der Waals surface area contributed by atoms with Crippen molar-refractivity contribution >= 4 is 39.3 Å². The van der Waals surface area contributed by atoms with Crippen LogP contribution in [0.15, 0.2) is 40.9 Å². The number of urea groups is 1. The van der Waals surface area contributed by atoms with Gasteiger partial charge in [-0.15, -0.1) is 0 Å². The number of anilines is 1. The lowest BCUT2D eigenvalue weighted by Crippen LogP contribution is -2.46. The van der Waals surface area contributed by atoms with E-state index in [0.29, 0.717) is 42.9 Å². The minimum absolute atomic E-state index is 0.242. The Labute approximate surface area is 199 Å². The molecule has 1 fully saturated rings. The predicted molar refractivity (Wildman–Crippen MR) is 125 cm³/mol. The summed E-state index contributed by atoms with van der Waals surface area (Å²) in [5, 5.41) is 22.7. The Hall–Kier alpha value is -3.45. The number of hydrogen-bond donors (Lipinski definition) is 3. The Morgan fingerprint density at radius 1 is 1.27 bits per heavy atom. The van der Waals surface area contributed by atoms with Crippen LogP contribution in [0.25, 0.3) is 0 Å². The fourth-order valence-corrected chi connectivity index (χ4v) is 3.93. The van der Waals surface area contributed by atoms with E-state index in [2.05, 4.69) is 26.6 Å². The largest absolute Gasteiger partial charge is 0.495 e. The molecule has 33 heavy (non-hydrogen) atoms. The zero-order valence-corrected chi connectivity index (χ0v) is 19.5. The number of likely N-dealkylation sites (tertiary alicyclic amines) is 1. The molecule has 3 rings (SSSR count). The molecule has 1 aliphatic rings. The first-order chi connectivity index (χ1) is 15.8. The van der Waals surface area contributed by atoms with Crippen molar-refractivity contribution in [1.82, 2.24) is 10.2 Å². The van der Waals surface area contributed by atoms with E-state index < -0.39 is 5.82 Å². The number of nitrogens with zero attached hydrogens (tertiary/aromatic N) is 2. The van der Waals surface area contributed by atoms with Gasteiger partial charge in [-0.05, 0) is 64.7 Å². The third kappa shape index (κ3) is 6.08. The number of nitrogens with one attached hydrogen (secondary N) is 3. The maximum atomic E-state index is 13.4. The number of amides is 2. The Bertz CT molecular complexity index is 1110. The van der Waals surface area contributed by atoms with Crippen molar-refractivity contribution in [2.45, 2.75) is 19.4 Å². The summed E-state index contributed by atoms with van der Waals surface area (Å²) in [6.07, 6.45) is 0.905. The maximum Gasteiger partial charge on any atom is 0.317 e. The second kappa shape index (κ2) is 10.9. The molecule has 2 aromatic rings. The van der Waals surface area contributed by atoms with Gasteiger partial charge in [-0.3, -0.25) is 10.2 Å². The van der Waals surface area contributed by atoms with E-state index >= 15 is 0 Å². The van der Waals surface area contributed by atoms with Gasteiger partial charge in [-0.2, -0.15) is 5.26 Å². The molecule has 0 unspecified atom stereocenters. The Balaban J connectivity index is 1.48. The third-order valence-electron chi connectivity index (χ3n) is 5.42. The van der Waals surface area contributed by atoms with Crippen molar-refractivity contribution in [2.75, 3.05) is 25.5 Å². The molecular weight excluding hydrogens is 493 g/mol. The molecule has 1 aliphatic heterocycles. The molecule has 3 N–H and O–H groups in total. The van der Waals surface area contributed by atoms with E-state index in [9.17, 15) is 14.0 Å². The normalized spacial score (nSPS) is 13.7. The van der Waals surface area contributed by atoms with Crippen LogP contribution in [0.5, 0.6) is 5.75 Å². The first-order valence-electron chi connectivity index (χ1n) is 10.3. The van der Waals surface area contributed by atoms with Crippen molar-refractivity contribution in [2.24, 2.45) is 5.92 Å². The Morgan fingerprint density at radius 2 is 2.00 bits per heavy atom. The van der Waals surface area contributed by atoms with Crippen molar-refractivity contribution in [1.29, 1.82) is 10.7 Å². The number of Topliss-reactive ketones (excluding diaryl/α,β-unsaturated/α-hetero) is 1. The number of halogens is 2. The highest BCUT2D eigenvalue weighted by atomic mass is 79.9. The highest BCUT2D eigenvalue weighted by Crippen LogP contribution is 2.23. The van der Waals surface area contributed by atoms with Gasteiger partial charge in [-0.25, -0.2) is 9.18 Å². The number of ketones is 1. The summed E-state index contributed by atoms with van der Waals surface area (Å²) >= 11 is 3.08. The number of carbonyl (C=O) groups is 2. The molecule has 0 saturated carbocycles. The van der Waals surface area contributed by atoms with Gasteiger partial charge in [0.2, 0.25) is 5.78 Å². The van der Waals surface area contributed by atoms with Crippen molar-refractivity contribution < 1.29 is 18.7 Å². The monoisotopic (exact) mass is 515 g/mol. The number of hydrogen-bond acceptors (Lipinski definition) is 5. The molecule has 0 aromatic heterocycles. The minimum Gasteiger partial charge on any atom is -0.495 e. The van der Waals surface area contributed by atoms with E-state index in [0.717, 1.165) is 5.56 Å². The number of carbonyl (C=O) groups excluding carboxylic acids is 2. The van der Waals surface area contributed by atoms with Gasteiger partial charge in [-0.1, -0.05) is 6.07 Å². The predicted octanol–water partition coefficient (Wildman–Crippen LogP) is 4.05. The van der Waals surface area contributed by atoms with Gasteiger partial charge in [0.25, 0.3) is 0 Å². The van der Waals surface area contributed by atoms with Gasteiger partial charge in [0.05, 0.1) is 17.1 Å². The molecule has 1 saturated heterocycles. The van der Waals surface area contributed by atoms with Crippen LogP contribution in [0.1, 0.15) is 24.0 Å². The molecule has 0 radical (unpaired) electrons. The molecule has 8 nitrogen and oxygen atoms in total. The number of piperidine rings is 1. The summed E-state index contributed by atoms with van der Waals surface area (Å²) in [6, 6.07) is 11.1. The van der Waals surface area contributed by atoms with E-state index in [1.165, 1.54) is 25.3 Å². The number of amidine groups is 1. The van der Waals surface area contributed by atoms with Crippen LogP contribution in [-0.2, 0) is 11.3 Å². The summed E-state index contributed by atoms with van der Waals surface area (Å²) in [4.78, 5) is 26.8. The summed E-state index contributed by atoms with van der Waals surface area (Å²) < 4.78 is 18.8. The average Bonchev–Trinajstić information content (AvgIpc) is 2.84. The van der Waals surface area contributed by atoms with Crippen LogP contribution in [-0.4, -0.2) is 42.7 Å². The lowest BCUT2D eigenvalue weighted by atomic mass is 9.92. The molecule has 172 valence electrons. The van der Waals surface area contributed by atoms with Crippen LogP contribution < -0.4 is 15.4 Å². The molecule has 1 heterocycles. The van der Waals surface area contributed by atoms with Crippen molar-refractivity contribution in [3.05, 3.63) is 57.8 Å². The van der Waals surface area contributed by atoms with Gasteiger partial charge < -0.3 is 20.3 Å². The average molecular weight is 516 g/mol. The summed E-state index contributed by atoms with van der Waals surface area (Å²) in [5.41, 5.74) is 1.67. The third-order valence-corrected chi connectivity index (χ3v) is 6.03. The van der Waals surface area contributed by atoms with Gasteiger partial charge in [0, 0.05) is 31.2 Å². The zero-order valence-electron chi connectivity index (χ0n) is 18.0. The smallest absolute Gasteiger partial charge is 0.317 e. The second-order valence-electron chi connectivity index (χ2n) is 7.56. The summed E-state index contributed by atoms with van der Waals surface area (Å²) in [7, 11) is 1.48. The minimum atomic E-state index is -0.428. The summed E-state index contributed by atoms with van der Waals surface area (Å²) in [5.74, 6) is -0.929. The first-order valence-corrected chi connectivity index (χ1v) is 11.1. The molecule has 2 aromatic carbocycles. The summed E-state index contributed by atoms with van der Waals surface area (Å²) in [6.45, 7) is 1.07. The lowest BCUT2D eigenvalue weighted by molar-refractivity contribution is -0.117. The number of nitriles is 1. The van der Waals surface area contributed by atoms with E-state index in [-0.39, 0.29) is 34.6 Å². The number of benzene rings is 2. The molecule has 2 amide bonds. The Morgan fingerprint density at radius 3 is 2.64 bits per heavy atom. The molecule has 0 aliphatic carbocycles. The van der Waals surface area contributed by atoms with Crippen LogP contribution in [0.3, 0.4) is 0 Å². The van der Waals surface area contributed by atoms with Crippen molar-refractivity contribution in [3.63, 3.8) is 0 Å². The van der Waals surface area contributed by atoms with Crippen LogP contribution >= 0.6 is 15.9 Å². The highest BCUT2D eigenvalue weighted by Gasteiger charge is 2.29. The quantitative estimate of drug-likeness (QED) is 0.396. The molecule has 0 atom stereocenters. The maximum absolute atomic E-state index is 13.4. The SMILES string of the molecule is COc1cc(CNC(=O)N2CCC(C(=O)C(=N)Nc3ccc(F)c(Br)c3)CC2)ccc1C#N. The Kier molecular flexibility index (Phi) is 8.01. The number of ether oxygens (including phenoxy) is 1. The fraction of sp³-hybridized carbons (Fsp3) is 0.304. The second-order valence-corrected chi connectivity index (χ2v) is 8.41. The molecule has 0 spiro atoms. The molecule has 10 heteroatoms. The topological polar surface area (TPSA) is 118 Å². The van der Waals surface area contributed by atoms with Crippen molar-refractivity contribution in [3.8, 4) is 11.8 Å². The fourth-order valence-electron chi connectivity index (χ4n) is 3.56. The first kappa shape index (κ1) is 24.2. The highest BCUT2D eigenvalue weighted by molar-refractivity contribution is 9.10. The zero-order chi connectivity index (χ0) is 24.0. The van der Waals surface area contributed by atoms with Crippen LogP contribution in [0.2, 0.25) is 0 Å². The number of methoxy groups -OCH3 is 1. The number of rotatable bonds is 6. The van der Waals surface area contributed by atoms with E-state index in [4.69, 9.17) is 15.4 Å². The lowest BCUT2D eigenvalue weighted by Gasteiger charge is -2.31. The van der Waals surface area contributed by atoms with Gasteiger partial charge in [0.15, 0.2) is 5.84 Å². The van der Waals surface area contributed by atoms with E-state index in [1.807, 2.05) is 6.07 Å². The van der Waals surface area contributed by atoms with E-state index in [1.54, 1.807) is 23.1 Å². The molecule has 0 bridgehead atoms. The van der Waals surface area contributed by atoms with Crippen LogP contribution in [0.4, 0.5) is 14.9 Å². The van der Waals surface area contributed by atoms with Gasteiger partial charge >= 0.3 is 6.03 Å². The molecular formula is C23H23BrFN5O3.